The second-order valence-electron chi connectivity index (χ2n) is 24.4. The molecule has 442 valence electrons. The van der Waals surface area contributed by atoms with Gasteiger partial charge in [0.25, 0.3) is 6.71 Å². The first-order valence-corrected chi connectivity index (χ1v) is 32.2. The minimum absolute atomic E-state index is 0.0442. The molecule has 6 heterocycles. The lowest BCUT2D eigenvalue weighted by Crippen LogP contribution is -2.61. The minimum Gasteiger partial charge on any atom is -0.455 e. The first kappa shape index (κ1) is 54.1. The SMILES string of the molecule is c1ccc(-c2cc(-c3ccc(-n4c5ccccc5c5c6oc7ccccc7c6ccc54)c(-c4cc(-c5ccccc5)nc(-c5cccc(-c6cccc(N7c8ccccc8B8c9ccccc9N(c9ccccc9)c9cccc7c98)c6)c5)n4)c3)nc(-c3ccccc3)n2)cc1. The third-order valence-corrected chi connectivity index (χ3v) is 19.0. The summed E-state index contributed by atoms with van der Waals surface area (Å²) < 4.78 is 9.22. The second-order valence-corrected chi connectivity index (χ2v) is 24.4. The molecule has 0 saturated heterocycles. The maximum absolute atomic E-state index is 6.84. The van der Waals surface area contributed by atoms with Crippen molar-refractivity contribution in [2.75, 3.05) is 9.80 Å². The number of aromatic nitrogens is 5. The molecule has 17 aromatic rings. The van der Waals surface area contributed by atoms with Gasteiger partial charge in [0.1, 0.15) is 11.2 Å². The monoisotopic (exact) mass is 1210 g/mol. The highest BCUT2D eigenvalue weighted by molar-refractivity contribution is 7.00. The molecule has 4 aromatic heterocycles. The van der Waals surface area contributed by atoms with E-state index in [1.165, 1.54) is 27.8 Å². The number of fused-ring (bicyclic) bond motifs is 11. The van der Waals surface area contributed by atoms with Crippen molar-refractivity contribution in [2.45, 2.75) is 0 Å². The van der Waals surface area contributed by atoms with Gasteiger partial charge >= 0.3 is 0 Å². The van der Waals surface area contributed by atoms with Crippen molar-refractivity contribution in [1.29, 1.82) is 0 Å². The van der Waals surface area contributed by atoms with E-state index in [1.807, 2.05) is 36.4 Å². The second kappa shape index (κ2) is 22.0. The molecule has 0 spiro atoms. The molecule has 0 fully saturated rings. The molecule has 2 aliphatic rings. The van der Waals surface area contributed by atoms with E-state index in [4.69, 9.17) is 24.4 Å². The molecule has 19 rings (SSSR count). The quantitative estimate of drug-likeness (QED) is 0.126. The van der Waals surface area contributed by atoms with Gasteiger partial charge < -0.3 is 18.8 Å². The smallest absolute Gasteiger partial charge is 0.252 e. The van der Waals surface area contributed by atoms with Crippen LogP contribution in [-0.4, -0.2) is 31.2 Å². The number of anilines is 6. The van der Waals surface area contributed by atoms with Gasteiger partial charge in [-0.1, -0.05) is 224 Å². The Morgan fingerprint density at radius 2 is 0.779 bits per heavy atom. The Hall–Kier alpha value is -12.7. The van der Waals surface area contributed by atoms with Crippen LogP contribution in [0.25, 0.3) is 128 Å². The fraction of sp³-hybridized carbons (Fsp3) is 0. The molecular weight excluding hydrogens is 1160 g/mol. The van der Waals surface area contributed by atoms with E-state index in [9.17, 15) is 0 Å². The third kappa shape index (κ3) is 8.92. The zero-order chi connectivity index (χ0) is 62.5. The van der Waals surface area contributed by atoms with Crippen molar-refractivity contribution in [3.05, 3.63) is 328 Å². The van der Waals surface area contributed by atoms with Gasteiger partial charge in [0.15, 0.2) is 11.6 Å². The van der Waals surface area contributed by atoms with E-state index in [1.54, 1.807) is 0 Å². The summed E-state index contributed by atoms with van der Waals surface area (Å²) in [4.78, 5) is 26.7. The highest BCUT2D eigenvalue weighted by Crippen LogP contribution is 2.47. The Morgan fingerprint density at radius 1 is 0.284 bits per heavy atom. The van der Waals surface area contributed by atoms with Gasteiger partial charge in [0, 0.05) is 83.7 Å². The Balaban J connectivity index is 0.793. The van der Waals surface area contributed by atoms with Gasteiger partial charge in [-0.05, 0) is 131 Å². The Morgan fingerprint density at radius 3 is 1.48 bits per heavy atom. The van der Waals surface area contributed by atoms with Crippen LogP contribution < -0.4 is 26.2 Å². The number of para-hydroxylation sites is 5. The fourth-order valence-electron chi connectivity index (χ4n) is 14.8. The maximum Gasteiger partial charge on any atom is 0.252 e. The van der Waals surface area contributed by atoms with Gasteiger partial charge in [-0.3, -0.25) is 0 Å². The van der Waals surface area contributed by atoms with Crippen LogP contribution in [0.15, 0.2) is 332 Å². The van der Waals surface area contributed by atoms with Crippen LogP contribution in [0, 0.1) is 0 Å². The Bertz CT molecular complexity index is 5830. The average molecular weight is 1210 g/mol. The number of nitrogens with zero attached hydrogens (tertiary/aromatic N) is 7. The lowest BCUT2D eigenvalue weighted by atomic mass is 9.33. The summed E-state index contributed by atoms with van der Waals surface area (Å²) in [5.74, 6) is 1.23. The van der Waals surface area contributed by atoms with Gasteiger partial charge in [-0.2, -0.15) is 0 Å². The molecule has 0 aliphatic carbocycles. The van der Waals surface area contributed by atoms with Crippen molar-refractivity contribution in [2.24, 2.45) is 0 Å². The molecule has 0 N–H and O–H groups in total. The van der Waals surface area contributed by atoms with Gasteiger partial charge in [0.2, 0.25) is 0 Å². The average Bonchev–Trinajstić information content (AvgIpc) is 1.60. The van der Waals surface area contributed by atoms with Crippen LogP contribution in [0.5, 0.6) is 0 Å². The third-order valence-electron chi connectivity index (χ3n) is 19.0. The largest absolute Gasteiger partial charge is 0.455 e. The maximum atomic E-state index is 6.84. The van der Waals surface area contributed by atoms with Crippen molar-refractivity contribution < 1.29 is 4.42 Å². The molecule has 0 amide bonds. The molecule has 9 heteroatoms. The van der Waals surface area contributed by atoms with E-state index in [0.717, 1.165) is 139 Å². The number of hydrogen-bond acceptors (Lipinski definition) is 7. The lowest BCUT2D eigenvalue weighted by molar-refractivity contribution is 0.673. The lowest BCUT2D eigenvalue weighted by Gasteiger charge is -2.44. The first-order valence-electron chi connectivity index (χ1n) is 32.2. The van der Waals surface area contributed by atoms with Crippen LogP contribution >= 0.6 is 0 Å². The van der Waals surface area contributed by atoms with Crippen LogP contribution in [0.4, 0.5) is 34.1 Å². The molecule has 13 aromatic carbocycles. The number of benzene rings is 13. The number of hydrogen-bond donors (Lipinski definition) is 0. The zero-order valence-corrected chi connectivity index (χ0v) is 51.3. The van der Waals surface area contributed by atoms with E-state index < -0.39 is 0 Å². The summed E-state index contributed by atoms with van der Waals surface area (Å²) in [5, 5.41) is 4.30. The molecule has 95 heavy (non-hydrogen) atoms. The summed E-state index contributed by atoms with van der Waals surface area (Å²) in [7, 11) is 0. The van der Waals surface area contributed by atoms with Gasteiger partial charge in [-0.25, -0.2) is 19.9 Å². The predicted octanol–water partition coefficient (Wildman–Crippen LogP) is 20.0. The minimum atomic E-state index is 0.0442. The molecule has 0 radical (unpaired) electrons. The first-order chi connectivity index (χ1) is 47.1. The Labute approximate surface area is 548 Å². The molecule has 0 atom stereocenters. The van der Waals surface area contributed by atoms with Crippen molar-refractivity contribution in [3.8, 4) is 84.6 Å². The Kier molecular flexibility index (Phi) is 12.5. The summed E-state index contributed by atoms with van der Waals surface area (Å²) in [5.41, 5.74) is 26.3. The molecule has 2 aliphatic heterocycles. The topological polar surface area (TPSA) is 76.1 Å². The summed E-state index contributed by atoms with van der Waals surface area (Å²) >= 11 is 0. The standard InChI is InChI=1S/C86H54BN7O/c1-5-24-55(25-6-1)70-53-72(90-85(88-70)57-28-9-3-10-29-57)60-46-48-75(94-74-40-17-13-37-66(74)82-78(94)49-47-65-64-36-14-20-45-81(64)95-84(65)82)67(52-60)73-54-71(56-26-7-2-8-27-56)89-86(91-73)61-32-21-30-58(50-61)59-31-22-35-63(51-59)93-77-42-19-16-39-69(77)87-68-38-15-18-41-76(68)92(62-33-11-4-12-34-62)79-43-23-44-80(93)83(79)87/h1-54H. The fourth-order valence-corrected chi connectivity index (χ4v) is 14.8. The normalized spacial score (nSPS) is 12.4. The zero-order valence-electron chi connectivity index (χ0n) is 51.3. The predicted molar refractivity (Wildman–Crippen MR) is 391 cm³/mol. The summed E-state index contributed by atoms with van der Waals surface area (Å²) in [6.45, 7) is 0.0442. The van der Waals surface area contributed by atoms with Crippen LogP contribution in [-0.2, 0) is 0 Å². The van der Waals surface area contributed by atoms with Crippen molar-refractivity contribution in [3.63, 3.8) is 0 Å². The summed E-state index contributed by atoms with van der Waals surface area (Å²) in [6, 6.07) is 116. The van der Waals surface area contributed by atoms with Crippen molar-refractivity contribution in [1.82, 2.24) is 24.5 Å². The van der Waals surface area contributed by atoms with E-state index in [0.29, 0.717) is 11.6 Å². The van der Waals surface area contributed by atoms with Crippen LogP contribution in [0.2, 0.25) is 0 Å². The molecule has 0 saturated carbocycles. The molecule has 8 nitrogen and oxygen atoms in total. The molecular formula is C86H54BN7O. The highest BCUT2D eigenvalue weighted by atomic mass is 16.3. The number of furan rings is 1. The van der Waals surface area contributed by atoms with Gasteiger partial charge in [0.05, 0.1) is 44.9 Å². The summed E-state index contributed by atoms with van der Waals surface area (Å²) in [6.07, 6.45) is 0. The van der Waals surface area contributed by atoms with Crippen LogP contribution in [0.1, 0.15) is 0 Å². The molecule has 0 bridgehead atoms. The van der Waals surface area contributed by atoms with Gasteiger partial charge in [-0.15, -0.1) is 0 Å². The van der Waals surface area contributed by atoms with E-state index in [-0.39, 0.29) is 6.71 Å². The number of rotatable bonds is 10. The van der Waals surface area contributed by atoms with Crippen LogP contribution in [0.3, 0.4) is 0 Å². The highest BCUT2D eigenvalue weighted by Gasteiger charge is 2.43. The molecule has 0 unspecified atom stereocenters. The van der Waals surface area contributed by atoms with E-state index >= 15 is 0 Å². The van der Waals surface area contributed by atoms with Crippen molar-refractivity contribution >= 4 is 101 Å². The van der Waals surface area contributed by atoms with E-state index in [2.05, 4.69) is 306 Å².